The van der Waals surface area contributed by atoms with Crippen LogP contribution in [0.25, 0.3) is 0 Å². The maximum atomic E-state index is 3.74. The minimum atomic E-state index is 0.292. The van der Waals surface area contributed by atoms with Crippen molar-refractivity contribution in [2.45, 2.75) is 64.1 Å². The van der Waals surface area contributed by atoms with Crippen molar-refractivity contribution in [1.29, 1.82) is 0 Å². The van der Waals surface area contributed by atoms with Gasteiger partial charge in [-0.15, -0.1) is 11.3 Å². The summed E-state index contributed by atoms with van der Waals surface area (Å²) in [5, 5.41) is 6.03. The minimum Gasteiger partial charge on any atom is -0.309 e. The lowest BCUT2D eigenvalue weighted by Crippen LogP contribution is -2.62. The fourth-order valence-electron chi connectivity index (χ4n) is 3.59. The summed E-state index contributed by atoms with van der Waals surface area (Å²) in [6.45, 7) is 9.37. The van der Waals surface area contributed by atoms with E-state index < -0.39 is 0 Å². The van der Waals surface area contributed by atoms with E-state index in [0.29, 0.717) is 17.6 Å². The molecule has 1 fully saturated rings. The van der Waals surface area contributed by atoms with Crippen LogP contribution in [0, 0.1) is 0 Å². The van der Waals surface area contributed by atoms with E-state index in [9.17, 15) is 0 Å². The molecule has 1 aliphatic heterocycles. The molecular formula is C16H26N2S. The van der Waals surface area contributed by atoms with Crippen LogP contribution in [0.15, 0.2) is 11.4 Å². The van der Waals surface area contributed by atoms with Crippen molar-refractivity contribution in [2.24, 2.45) is 0 Å². The molecular weight excluding hydrogens is 252 g/mol. The Labute approximate surface area is 121 Å². The van der Waals surface area contributed by atoms with Crippen LogP contribution in [0.5, 0.6) is 0 Å². The zero-order chi connectivity index (χ0) is 13.5. The Kier molecular flexibility index (Phi) is 3.71. The average molecular weight is 278 g/mol. The van der Waals surface area contributed by atoms with Crippen molar-refractivity contribution < 1.29 is 0 Å². The maximum Gasteiger partial charge on any atom is 0.0363 e. The van der Waals surface area contributed by atoms with Gasteiger partial charge in [0.15, 0.2) is 0 Å². The van der Waals surface area contributed by atoms with E-state index in [1.165, 1.54) is 32.2 Å². The molecule has 3 atom stereocenters. The summed E-state index contributed by atoms with van der Waals surface area (Å²) in [6.07, 6.45) is 5.21. The van der Waals surface area contributed by atoms with Gasteiger partial charge in [-0.2, -0.15) is 0 Å². The van der Waals surface area contributed by atoms with E-state index >= 15 is 0 Å². The van der Waals surface area contributed by atoms with Crippen molar-refractivity contribution in [3.05, 3.63) is 21.9 Å². The molecule has 3 heteroatoms. The largest absolute Gasteiger partial charge is 0.309 e. The number of nitrogens with zero attached hydrogens (tertiary/aromatic N) is 1. The fraction of sp³-hybridized carbons (Fsp3) is 0.750. The quantitative estimate of drug-likeness (QED) is 0.889. The molecule has 0 radical (unpaired) electrons. The smallest absolute Gasteiger partial charge is 0.0363 e. The molecule has 2 nitrogen and oxygen atoms in total. The number of piperazine rings is 1. The van der Waals surface area contributed by atoms with Crippen molar-refractivity contribution in [3.63, 3.8) is 0 Å². The third kappa shape index (κ3) is 2.48. The first-order valence-electron chi connectivity index (χ1n) is 7.70. The molecule has 3 rings (SSSR count). The molecule has 0 spiro atoms. The van der Waals surface area contributed by atoms with Gasteiger partial charge in [0.1, 0.15) is 0 Å². The summed E-state index contributed by atoms with van der Waals surface area (Å²) < 4.78 is 0. The summed E-state index contributed by atoms with van der Waals surface area (Å²) in [5.74, 6) is 0. The average Bonchev–Trinajstić information content (AvgIpc) is 2.90. The Morgan fingerprint density at radius 1 is 1.53 bits per heavy atom. The van der Waals surface area contributed by atoms with Gasteiger partial charge >= 0.3 is 0 Å². The second-order valence-electron chi connectivity index (χ2n) is 6.52. The van der Waals surface area contributed by atoms with Crippen LogP contribution in [0.1, 0.15) is 56.5 Å². The Morgan fingerprint density at radius 3 is 3.16 bits per heavy atom. The molecule has 2 aliphatic rings. The first-order chi connectivity index (χ1) is 9.13. The highest BCUT2D eigenvalue weighted by Gasteiger charge is 2.38. The molecule has 1 aliphatic carbocycles. The molecule has 19 heavy (non-hydrogen) atoms. The highest BCUT2D eigenvalue weighted by Crippen LogP contribution is 2.39. The maximum absolute atomic E-state index is 3.74. The standard InChI is InChI=1S/C16H26N2S/c1-4-16(3)11-18(12(2)10-17-16)14-6-5-7-15-13(14)8-9-19-15/h8-9,12,14,17H,4-7,10-11H2,1-3H3. The topological polar surface area (TPSA) is 15.3 Å². The third-order valence-corrected chi connectivity index (χ3v) is 6.12. The molecule has 106 valence electrons. The van der Waals surface area contributed by atoms with Crippen molar-refractivity contribution in [1.82, 2.24) is 10.2 Å². The van der Waals surface area contributed by atoms with Crippen LogP contribution in [-0.4, -0.2) is 29.6 Å². The monoisotopic (exact) mass is 278 g/mol. The Balaban J connectivity index is 1.85. The summed E-state index contributed by atoms with van der Waals surface area (Å²) in [4.78, 5) is 4.41. The third-order valence-electron chi connectivity index (χ3n) is 5.12. The van der Waals surface area contributed by atoms with Gasteiger partial charge in [0.2, 0.25) is 0 Å². The van der Waals surface area contributed by atoms with Crippen molar-refractivity contribution in [2.75, 3.05) is 13.1 Å². The minimum absolute atomic E-state index is 0.292. The molecule has 1 aromatic rings. The van der Waals surface area contributed by atoms with Crippen LogP contribution in [0.2, 0.25) is 0 Å². The molecule has 0 bridgehead atoms. The number of aryl methyl sites for hydroxylation is 1. The van der Waals surface area contributed by atoms with Crippen LogP contribution < -0.4 is 5.32 Å². The van der Waals surface area contributed by atoms with Crippen LogP contribution in [0.3, 0.4) is 0 Å². The Hall–Kier alpha value is -0.380. The molecule has 1 saturated heterocycles. The van der Waals surface area contributed by atoms with E-state index in [0.717, 1.165) is 6.54 Å². The van der Waals surface area contributed by atoms with Gasteiger partial charge in [-0.25, -0.2) is 0 Å². The van der Waals surface area contributed by atoms with Gasteiger partial charge in [-0.05, 0) is 56.5 Å². The highest BCUT2D eigenvalue weighted by atomic mass is 32.1. The first kappa shape index (κ1) is 13.6. The Bertz CT molecular complexity index is 442. The van der Waals surface area contributed by atoms with Gasteiger partial charge in [-0.1, -0.05) is 6.92 Å². The predicted octanol–water partition coefficient (Wildman–Crippen LogP) is 3.59. The lowest BCUT2D eigenvalue weighted by Gasteiger charge is -2.49. The van der Waals surface area contributed by atoms with Crippen LogP contribution in [-0.2, 0) is 6.42 Å². The molecule has 1 aromatic heterocycles. The Morgan fingerprint density at radius 2 is 2.37 bits per heavy atom. The van der Waals surface area contributed by atoms with Gasteiger partial charge < -0.3 is 5.32 Å². The summed E-state index contributed by atoms with van der Waals surface area (Å²) in [7, 11) is 0. The zero-order valence-corrected chi connectivity index (χ0v) is 13.2. The zero-order valence-electron chi connectivity index (χ0n) is 12.4. The first-order valence-corrected chi connectivity index (χ1v) is 8.58. The van der Waals surface area contributed by atoms with E-state index in [-0.39, 0.29) is 0 Å². The molecule has 0 aromatic carbocycles. The molecule has 0 amide bonds. The van der Waals surface area contributed by atoms with E-state index in [1.54, 1.807) is 10.4 Å². The van der Waals surface area contributed by atoms with Crippen molar-refractivity contribution >= 4 is 11.3 Å². The summed E-state index contributed by atoms with van der Waals surface area (Å²) in [6, 6.07) is 3.69. The lowest BCUT2D eigenvalue weighted by atomic mass is 9.87. The van der Waals surface area contributed by atoms with E-state index in [4.69, 9.17) is 0 Å². The van der Waals surface area contributed by atoms with E-state index in [2.05, 4.69) is 42.4 Å². The van der Waals surface area contributed by atoms with Crippen molar-refractivity contribution in [3.8, 4) is 0 Å². The van der Waals surface area contributed by atoms with Gasteiger partial charge in [0, 0.05) is 35.6 Å². The molecule has 0 saturated carbocycles. The van der Waals surface area contributed by atoms with Gasteiger partial charge in [0.25, 0.3) is 0 Å². The number of thiophene rings is 1. The van der Waals surface area contributed by atoms with Gasteiger partial charge in [-0.3, -0.25) is 4.90 Å². The fourth-order valence-corrected chi connectivity index (χ4v) is 4.57. The second kappa shape index (κ2) is 5.19. The molecule has 3 unspecified atom stereocenters. The highest BCUT2D eigenvalue weighted by molar-refractivity contribution is 7.10. The van der Waals surface area contributed by atoms with Crippen LogP contribution in [0.4, 0.5) is 0 Å². The SMILES string of the molecule is CCC1(C)CN(C2CCCc3sccc32)C(C)CN1. The molecule has 2 heterocycles. The number of fused-ring (bicyclic) bond motifs is 1. The van der Waals surface area contributed by atoms with Gasteiger partial charge in [0.05, 0.1) is 0 Å². The number of rotatable bonds is 2. The predicted molar refractivity (Wildman–Crippen MR) is 82.9 cm³/mol. The molecule has 1 N–H and O–H groups in total. The number of nitrogens with one attached hydrogen (secondary N) is 1. The summed E-state index contributed by atoms with van der Waals surface area (Å²) >= 11 is 1.96. The number of hydrogen-bond acceptors (Lipinski definition) is 3. The number of hydrogen-bond donors (Lipinski definition) is 1. The second-order valence-corrected chi connectivity index (χ2v) is 7.52. The van der Waals surface area contributed by atoms with E-state index in [1.807, 2.05) is 11.3 Å². The van der Waals surface area contributed by atoms with Crippen LogP contribution >= 0.6 is 11.3 Å². The summed E-state index contributed by atoms with van der Waals surface area (Å²) in [5.41, 5.74) is 1.92. The lowest BCUT2D eigenvalue weighted by molar-refractivity contribution is 0.0463. The normalized spacial score (nSPS) is 36.2.